The Morgan fingerprint density at radius 3 is 2.39 bits per heavy atom. The maximum Gasteiger partial charge on any atom is 0.253 e. The molecule has 0 aliphatic carbocycles. The molecule has 3 rings (SSSR count). The summed E-state index contributed by atoms with van der Waals surface area (Å²) in [6, 6.07) is 8.61. The van der Waals surface area contributed by atoms with Crippen LogP contribution in [-0.2, 0) is 13.6 Å². The van der Waals surface area contributed by atoms with Crippen molar-refractivity contribution in [3.63, 3.8) is 0 Å². The normalized spacial score (nSPS) is 15.8. The van der Waals surface area contributed by atoms with Crippen molar-refractivity contribution in [2.75, 3.05) is 26.2 Å². The summed E-state index contributed by atoms with van der Waals surface area (Å²) in [5.74, 6) is 0. The fraction of sp³-hybridized carbons (Fsp3) is 0.421. The minimum atomic E-state index is 0.0702. The summed E-state index contributed by atoms with van der Waals surface area (Å²) in [7, 11) is 1.81. The van der Waals surface area contributed by atoms with E-state index in [2.05, 4.69) is 35.3 Å². The van der Waals surface area contributed by atoms with Crippen LogP contribution in [0.2, 0.25) is 0 Å². The summed E-state index contributed by atoms with van der Waals surface area (Å²) in [5.41, 5.74) is 5.82. The van der Waals surface area contributed by atoms with Crippen molar-refractivity contribution in [1.29, 1.82) is 0 Å². The van der Waals surface area contributed by atoms with E-state index in [4.69, 9.17) is 0 Å². The molecule has 4 heteroatoms. The lowest BCUT2D eigenvalue weighted by Gasteiger charge is -2.27. The average molecular weight is 311 g/mol. The first-order valence-electron chi connectivity index (χ1n) is 8.25. The Kier molecular flexibility index (Phi) is 4.64. The molecule has 0 atom stereocenters. The summed E-state index contributed by atoms with van der Waals surface area (Å²) >= 11 is 0. The van der Waals surface area contributed by atoms with Gasteiger partial charge in [-0.2, -0.15) is 0 Å². The van der Waals surface area contributed by atoms with Gasteiger partial charge < -0.3 is 9.88 Å². The number of aromatic nitrogens is 1. The van der Waals surface area contributed by atoms with E-state index in [0.717, 1.165) is 43.9 Å². The summed E-state index contributed by atoms with van der Waals surface area (Å²) in [6.07, 6.45) is 1.92. The molecule has 2 heterocycles. The first-order valence-corrected chi connectivity index (χ1v) is 8.25. The molecule has 1 fully saturated rings. The average Bonchev–Trinajstić information content (AvgIpc) is 2.55. The minimum Gasteiger partial charge on any atom is -0.318 e. The largest absolute Gasteiger partial charge is 0.318 e. The van der Waals surface area contributed by atoms with Gasteiger partial charge in [0.15, 0.2) is 0 Å². The zero-order valence-corrected chi connectivity index (χ0v) is 14.2. The number of hydrogen-bond donors (Lipinski definition) is 1. The van der Waals surface area contributed by atoms with Gasteiger partial charge in [0.25, 0.3) is 5.56 Å². The molecule has 1 aliphatic rings. The Labute approximate surface area is 137 Å². The smallest absolute Gasteiger partial charge is 0.253 e. The van der Waals surface area contributed by atoms with Crippen LogP contribution in [0.5, 0.6) is 0 Å². The van der Waals surface area contributed by atoms with Crippen LogP contribution in [0, 0.1) is 13.8 Å². The van der Waals surface area contributed by atoms with Crippen molar-refractivity contribution in [2.45, 2.75) is 20.4 Å². The lowest BCUT2D eigenvalue weighted by Crippen LogP contribution is -2.42. The second-order valence-corrected chi connectivity index (χ2v) is 6.50. The summed E-state index contributed by atoms with van der Waals surface area (Å²) in [4.78, 5) is 14.3. The molecule has 1 aliphatic heterocycles. The number of nitrogens with zero attached hydrogens (tertiary/aromatic N) is 2. The lowest BCUT2D eigenvalue weighted by atomic mass is 9.99. The molecule has 1 saturated heterocycles. The van der Waals surface area contributed by atoms with E-state index in [1.165, 1.54) is 16.7 Å². The molecule has 0 saturated carbocycles. The van der Waals surface area contributed by atoms with Gasteiger partial charge in [0, 0.05) is 51.5 Å². The molecule has 23 heavy (non-hydrogen) atoms. The van der Waals surface area contributed by atoms with Gasteiger partial charge in [-0.1, -0.05) is 18.2 Å². The van der Waals surface area contributed by atoms with E-state index in [9.17, 15) is 4.79 Å². The highest BCUT2D eigenvalue weighted by Gasteiger charge is 2.12. The molecule has 0 radical (unpaired) electrons. The molecule has 0 bridgehead atoms. The lowest BCUT2D eigenvalue weighted by molar-refractivity contribution is 0.233. The van der Waals surface area contributed by atoms with Crippen molar-refractivity contribution in [2.24, 2.45) is 7.05 Å². The van der Waals surface area contributed by atoms with Gasteiger partial charge in [0.2, 0.25) is 0 Å². The van der Waals surface area contributed by atoms with Crippen LogP contribution in [-0.4, -0.2) is 35.6 Å². The van der Waals surface area contributed by atoms with Crippen LogP contribution in [0.15, 0.2) is 35.3 Å². The molecular weight excluding hydrogens is 286 g/mol. The van der Waals surface area contributed by atoms with Crippen LogP contribution in [0.3, 0.4) is 0 Å². The molecule has 1 aromatic heterocycles. The molecular formula is C19H25N3O. The Morgan fingerprint density at radius 2 is 1.74 bits per heavy atom. The number of hydrogen-bond acceptors (Lipinski definition) is 3. The zero-order valence-electron chi connectivity index (χ0n) is 14.2. The first-order chi connectivity index (χ1) is 11.0. The quantitative estimate of drug-likeness (QED) is 0.943. The Balaban J connectivity index is 1.85. The Bertz CT molecular complexity index is 731. The van der Waals surface area contributed by atoms with Gasteiger partial charge in [0.1, 0.15) is 0 Å². The van der Waals surface area contributed by atoms with Gasteiger partial charge in [-0.25, -0.2) is 0 Å². The van der Waals surface area contributed by atoms with Gasteiger partial charge >= 0.3 is 0 Å². The van der Waals surface area contributed by atoms with Gasteiger partial charge in [-0.05, 0) is 42.2 Å². The van der Waals surface area contributed by atoms with Gasteiger partial charge in [-0.3, -0.25) is 9.69 Å². The number of aryl methyl sites for hydroxylation is 3. The van der Waals surface area contributed by atoms with Gasteiger partial charge in [0.05, 0.1) is 0 Å². The molecule has 1 aromatic carbocycles. The van der Waals surface area contributed by atoms with Crippen LogP contribution >= 0.6 is 0 Å². The van der Waals surface area contributed by atoms with E-state index in [1.54, 1.807) is 4.57 Å². The molecule has 122 valence electrons. The van der Waals surface area contributed by atoms with Crippen LogP contribution in [0.25, 0.3) is 11.1 Å². The second kappa shape index (κ2) is 6.69. The van der Waals surface area contributed by atoms with E-state index >= 15 is 0 Å². The number of benzene rings is 1. The molecule has 4 nitrogen and oxygen atoms in total. The maximum atomic E-state index is 11.8. The van der Waals surface area contributed by atoms with E-state index < -0.39 is 0 Å². The van der Waals surface area contributed by atoms with Crippen LogP contribution < -0.4 is 10.9 Å². The van der Waals surface area contributed by atoms with Crippen LogP contribution in [0.4, 0.5) is 0 Å². The van der Waals surface area contributed by atoms with Gasteiger partial charge in [-0.15, -0.1) is 0 Å². The van der Waals surface area contributed by atoms with Crippen molar-refractivity contribution in [1.82, 2.24) is 14.8 Å². The Morgan fingerprint density at radius 1 is 1.04 bits per heavy atom. The fourth-order valence-corrected chi connectivity index (χ4v) is 3.20. The van der Waals surface area contributed by atoms with E-state index in [0.29, 0.717) is 0 Å². The molecule has 1 N–H and O–H groups in total. The number of pyridine rings is 1. The molecule has 0 unspecified atom stereocenters. The summed E-state index contributed by atoms with van der Waals surface area (Å²) in [6.45, 7) is 9.44. The third kappa shape index (κ3) is 3.54. The minimum absolute atomic E-state index is 0.0702. The van der Waals surface area contributed by atoms with Crippen LogP contribution in [0.1, 0.15) is 16.7 Å². The third-order valence-corrected chi connectivity index (χ3v) is 4.64. The number of nitrogens with one attached hydrogen (secondary N) is 1. The van der Waals surface area contributed by atoms with Crippen molar-refractivity contribution >= 4 is 0 Å². The predicted octanol–water partition coefficient (Wildman–Crippen LogP) is 2.07. The first kappa shape index (κ1) is 16.0. The molecule has 0 spiro atoms. The fourth-order valence-electron chi connectivity index (χ4n) is 3.20. The summed E-state index contributed by atoms with van der Waals surface area (Å²) in [5, 5.41) is 3.39. The monoisotopic (exact) mass is 311 g/mol. The zero-order chi connectivity index (χ0) is 16.4. The second-order valence-electron chi connectivity index (χ2n) is 6.50. The molecule has 2 aromatic rings. The summed E-state index contributed by atoms with van der Waals surface area (Å²) < 4.78 is 1.66. The highest BCUT2D eigenvalue weighted by atomic mass is 16.1. The van der Waals surface area contributed by atoms with Crippen molar-refractivity contribution in [3.05, 3.63) is 57.5 Å². The SMILES string of the molecule is Cc1cc(-c2cc(C)c(=O)n(C)c2)ccc1CN1CCNCC1. The topological polar surface area (TPSA) is 37.3 Å². The standard InChI is InChI=1S/C19H25N3O/c1-14-10-16(18-11-15(2)19(23)21(3)12-18)4-5-17(14)13-22-8-6-20-7-9-22/h4-5,10-12,20H,6-9,13H2,1-3H3. The van der Waals surface area contributed by atoms with Crippen molar-refractivity contribution in [3.8, 4) is 11.1 Å². The van der Waals surface area contributed by atoms with E-state index in [1.807, 2.05) is 26.2 Å². The highest BCUT2D eigenvalue weighted by molar-refractivity contribution is 5.64. The third-order valence-electron chi connectivity index (χ3n) is 4.64. The Hall–Kier alpha value is -1.91. The van der Waals surface area contributed by atoms with Crippen molar-refractivity contribution < 1.29 is 0 Å². The van der Waals surface area contributed by atoms with E-state index in [-0.39, 0.29) is 5.56 Å². The maximum absolute atomic E-state index is 11.8. The number of rotatable bonds is 3. The highest BCUT2D eigenvalue weighted by Crippen LogP contribution is 2.23. The predicted molar refractivity (Wildman–Crippen MR) is 94.7 cm³/mol. The molecule has 0 amide bonds. The number of piperazine rings is 1.